The molecule has 1 N–H and O–H groups in total. The van der Waals surface area contributed by atoms with Crippen molar-refractivity contribution in [3.05, 3.63) is 57.6 Å². The van der Waals surface area contributed by atoms with Crippen LogP contribution in [0.2, 0.25) is 10.0 Å². The number of carbonyl (C=O) groups excluding carboxylic acids is 1. The van der Waals surface area contributed by atoms with E-state index in [-0.39, 0.29) is 12.3 Å². The second-order valence-corrected chi connectivity index (χ2v) is 6.69. The number of carbonyl (C=O) groups is 1. The van der Waals surface area contributed by atoms with E-state index in [1.165, 1.54) is 11.3 Å². The number of aromatic nitrogens is 1. The van der Waals surface area contributed by atoms with Gasteiger partial charge in [0.25, 0.3) is 0 Å². The van der Waals surface area contributed by atoms with Gasteiger partial charge >= 0.3 is 0 Å². The smallest absolute Gasteiger partial charge is 0.230 e. The first-order valence-corrected chi connectivity index (χ1v) is 8.21. The number of hydrogen-bond acceptors (Lipinski definition) is 3. The number of rotatable bonds is 3. The van der Waals surface area contributed by atoms with Crippen molar-refractivity contribution in [1.82, 2.24) is 4.98 Å². The van der Waals surface area contributed by atoms with Crippen molar-refractivity contribution in [2.75, 3.05) is 5.32 Å². The van der Waals surface area contributed by atoms with E-state index in [1.807, 2.05) is 37.3 Å². The quantitative estimate of drug-likeness (QED) is 0.714. The van der Waals surface area contributed by atoms with E-state index in [0.29, 0.717) is 15.2 Å². The van der Waals surface area contributed by atoms with Gasteiger partial charge in [-0.2, -0.15) is 0 Å². The van der Waals surface area contributed by atoms with Crippen LogP contribution in [0.1, 0.15) is 11.1 Å². The number of benzene rings is 2. The predicted octanol–water partition coefficient (Wildman–Crippen LogP) is 5.09. The van der Waals surface area contributed by atoms with Gasteiger partial charge in [0.2, 0.25) is 5.91 Å². The number of hydrogen-bond donors (Lipinski definition) is 1. The van der Waals surface area contributed by atoms with Crippen molar-refractivity contribution in [3.8, 4) is 0 Å². The van der Waals surface area contributed by atoms with Crippen LogP contribution in [0.15, 0.2) is 36.4 Å². The Labute approximate surface area is 141 Å². The topological polar surface area (TPSA) is 42.0 Å². The molecule has 0 aliphatic rings. The van der Waals surface area contributed by atoms with E-state index >= 15 is 0 Å². The summed E-state index contributed by atoms with van der Waals surface area (Å²) in [6, 6.07) is 11.1. The molecule has 22 heavy (non-hydrogen) atoms. The molecular weight excluding hydrogens is 339 g/mol. The summed E-state index contributed by atoms with van der Waals surface area (Å²) in [6.45, 7) is 1.97. The van der Waals surface area contributed by atoms with Gasteiger partial charge in [0.1, 0.15) is 0 Å². The van der Waals surface area contributed by atoms with Crippen LogP contribution in [0.3, 0.4) is 0 Å². The number of aryl methyl sites for hydroxylation is 1. The Morgan fingerprint density at radius 3 is 2.68 bits per heavy atom. The molecule has 3 nitrogen and oxygen atoms in total. The molecule has 0 bridgehead atoms. The fraction of sp³-hybridized carbons (Fsp3) is 0.125. The predicted molar refractivity (Wildman–Crippen MR) is 93.2 cm³/mol. The van der Waals surface area contributed by atoms with Crippen LogP contribution in [0, 0.1) is 6.92 Å². The molecule has 0 unspecified atom stereocenters. The third-order valence-electron chi connectivity index (χ3n) is 3.25. The van der Waals surface area contributed by atoms with Crippen molar-refractivity contribution in [2.24, 2.45) is 0 Å². The number of anilines is 1. The summed E-state index contributed by atoms with van der Waals surface area (Å²) in [7, 11) is 0. The normalized spacial score (nSPS) is 10.9. The zero-order valence-corrected chi connectivity index (χ0v) is 14.0. The molecule has 0 aliphatic carbocycles. The number of nitrogens with one attached hydrogen (secondary N) is 1. The summed E-state index contributed by atoms with van der Waals surface area (Å²) >= 11 is 13.6. The van der Waals surface area contributed by atoms with Crippen LogP contribution in [0.25, 0.3) is 10.2 Å². The Balaban J connectivity index is 1.81. The van der Waals surface area contributed by atoms with Gasteiger partial charge in [0, 0.05) is 5.02 Å². The monoisotopic (exact) mass is 350 g/mol. The lowest BCUT2D eigenvalue weighted by Gasteiger charge is -2.03. The number of halogens is 2. The molecule has 1 amide bonds. The average molecular weight is 351 g/mol. The lowest BCUT2D eigenvalue weighted by atomic mass is 10.1. The second kappa shape index (κ2) is 6.24. The van der Waals surface area contributed by atoms with Crippen LogP contribution >= 0.6 is 34.5 Å². The summed E-state index contributed by atoms with van der Waals surface area (Å²) in [5.74, 6) is -0.152. The van der Waals surface area contributed by atoms with E-state index in [1.54, 1.807) is 6.07 Å². The highest BCUT2D eigenvalue weighted by Gasteiger charge is 2.13. The first kappa shape index (κ1) is 15.3. The van der Waals surface area contributed by atoms with E-state index in [2.05, 4.69) is 10.3 Å². The summed E-state index contributed by atoms with van der Waals surface area (Å²) in [5, 5.41) is 4.58. The fourth-order valence-electron chi connectivity index (χ4n) is 2.13. The number of thiazole rings is 1. The van der Waals surface area contributed by atoms with E-state index in [9.17, 15) is 4.79 Å². The molecule has 3 rings (SSSR count). The highest BCUT2D eigenvalue weighted by molar-refractivity contribution is 7.23. The lowest BCUT2D eigenvalue weighted by molar-refractivity contribution is -0.115. The maximum atomic E-state index is 12.1. The van der Waals surface area contributed by atoms with Crippen molar-refractivity contribution >= 4 is 55.8 Å². The molecule has 0 aliphatic heterocycles. The number of amides is 1. The minimum Gasteiger partial charge on any atom is -0.302 e. The van der Waals surface area contributed by atoms with E-state index in [0.717, 1.165) is 21.3 Å². The molecule has 1 aromatic heterocycles. The van der Waals surface area contributed by atoms with Gasteiger partial charge in [0.15, 0.2) is 5.13 Å². The highest BCUT2D eigenvalue weighted by Crippen LogP contribution is 2.33. The molecule has 1 heterocycles. The minimum atomic E-state index is -0.152. The fourth-order valence-corrected chi connectivity index (χ4v) is 3.57. The molecule has 0 saturated heterocycles. The number of fused-ring (bicyclic) bond motifs is 1. The number of nitrogens with zero attached hydrogens (tertiary/aromatic N) is 1. The first-order valence-electron chi connectivity index (χ1n) is 6.63. The van der Waals surface area contributed by atoms with E-state index in [4.69, 9.17) is 23.2 Å². The van der Waals surface area contributed by atoms with Gasteiger partial charge in [-0.3, -0.25) is 4.79 Å². The summed E-state index contributed by atoms with van der Waals surface area (Å²) in [4.78, 5) is 16.6. The van der Waals surface area contributed by atoms with Crippen LogP contribution in [-0.4, -0.2) is 10.9 Å². The van der Waals surface area contributed by atoms with E-state index < -0.39 is 0 Å². The lowest BCUT2D eigenvalue weighted by Crippen LogP contribution is -2.14. The zero-order chi connectivity index (χ0) is 15.7. The van der Waals surface area contributed by atoms with Gasteiger partial charge in [0.05, 0.1) is 21.7 Å². The molecule has 3 aromatic rings. The van der Waals surface area contributed by atoms with Crippen molar-refractivity contribution in [3.63, 3.8) is 0 Å². The van der Waals surface area contributed by atoms with Crippen molar-refractivity contribution in [1.29, 1.82) is 0 Å². The molecule has 2 aromatic carbocycles. The Morgan fingerprint density at radius 1 is 1.18 bits per heavy atom. The molecule has 0 spiro atoms. The Morgan fingerprint density at radius 2 is 1.95 bits per heavy atom. The minimum absolute atomic E-state index is 0.152. The van der Waals surface area contributed by atoms with Crippen LogP contribution < -0.4 is 5.32 Å². The molecule has 112 valence electrons. The molecular formula is C16H12Cl2N2OS. The molecule has 6 heteroatoms. The maximum absolute atomic E-state index is 12.1. The molecule has 0 radical (unpaired) electrons. The van der Waals surface area contributed by atoms with Crippen LogP contribution in [0.4, 0.5) is 5.13 Å². The molecule has 0 fully saturated rings. The average Bonchev–Trinajstić information content (AvgIpc) is 2.90. The summed E-state index contributed by atoms with van der Waals surface area (Å²) in [6.07, 6.45) is 0.211. The Bertz CT molecular complexity index is 821. The second-order valence-electron chi connectivity index (χ2n) is 4.88. The first-order chi connectivity index (χ1) is 10.5. The summed E-state index contributed by atoms with van der Waals surface area (Å²) < 4.78 is 0.884. The third-order valence-corrected chi connectivity index (χ3v) is 5.05. The Hall–Kier alpha value is -1.62. The molecule has 0 saturated carbocycles. The van der Waals surface area contributed by atoms with Gasteiger partial charge < -0.3 is 5.32 Å². The Kier molecular flexibility index (Phi) is 4.34. The van der Waals surface area contributed by atoms with Gasteiger partial charge in [-0.15, -0.1) is 0 Å². The van der Waals surface area contributed by atoms with Gasteiger partial charge in [-0.25, -0.2) is 4.98 Å². The van der Waals surface area contributed by atoms with Crippen LogP contribution in [-0.2, 0) is 11.2 Å². The SMILES string of the molecule is Cc1ccc(Cl)c2sc(NC(=O)Cc3ccccc3Cl)nc12. The third kappa shape index (κ3) is 3.09. The standard InChI is InChI=1S/C16H12Cl2N2OS/c1-9-6-7-12(18)15-14(9)20-16(22-15)19-13(21)8-10-4-2-3-5-11(10)17/h2-7H,8H2,1H3,(H,19,20,21). The maximum Gasteiger partial charge on any atom is 0.230 e. The van der Waals surface area contributed by atoms with Gasteiger partial charge in [-0.1, -0.05) is 58.8 Å². The summed E-state index contributed by atoms with van der Waals surface area (Å²) in [5.41, 5.74) is 2.64. The highest BCUT2D eigenvalue weighted by atomic mass is 35.5. The van der Waals surface area contributed by atoms with Crippen molar-refractivity contribution in [2.45, 2.75) is 13.3 Å². The molecule has 0 atom stereocenters. The van der Waals surface area contributed by atoms with Crippen molar-refractivity contribution < 1.29 is 4.79 Å². The van der Waals surface area contributed by atoms with Crippen LogP contribution in [0.5, 0.6) is 0 Å². The largest absolute Gasteiger partial charge is 0.302 e. The zero-order valence-electron chi connectivity index (χ0n) is 11.7. The van der Waals surface area contributed by atoms with Gasteiger partial charge in [-0.05, 0) is 30.2 Å².